The van der Waals surface area contributed by atoms with Crippen LogP contribution in [0.5, 0.6) is 0 Å². The van der Waals surface area contributed by atoms with Crippen molar-refractivity contribution in [1.29, 1.82) is 0 Å². The van der Waals surface area contributed by atoms with Crippen LogP contribution < -0.4 is 5.32 Å². The summed E-state index contributed by atoms with van der Waals surface area (Å²) in [6, 6.07) is 6.98. The molecule has 1 aromatic carbocycles. The Morgan fingerprint density at radius 1 is 1.24 bits per heavy atom. The average molecular weight is 239 g/mol. The standard InChI is InChI=1S/C14H22FNO/c1-3-9-17-11-14(16-4-2)10-12-5-7-13(15)8-6-12/h5-8,14,16H,3-4,9-11H2,1-2H3. The highest BCUT2D eigenvalue weighted by Gasteiger charge is 2.08. The van der Waals surface area contributed by atoms with E-state index in [1.165, 1.54) is 12.1 Å². The molecule has 1 unspecified atom stereocenters. The predicted octanol–water partition coefficient (Wildman–Crippen LogP) is 2.77. The van der Waals surface area contributed by atoms with Gasteiger partial charge in [0.2, 0.25) is 0 Å². The van der Waals surface area contributed by atoms with Gasteiger partial charge in [0.15, 0.2) is 0 Å². The first-order chi connectivity index (χ1) is 8.26. The monoisotopic (exact) mass is 239 g/mol. The molecule has 1 atom stereocenters. The quantitative estimate of drug-likeness (QED) is 0.704. The number of likely N-dealkylation sites (N-methyl/N-ethyl adjacent to an activating group) is 1. The second-order valence-corrected chi connectivity index (χ2v) is 4.16. The highest BCUT2D eigenvalue weighted by atomic mass is 19.1. The van der Waals surface area contributed by atoms with Gasteiger partial charge in [0.25, 0.3) is 0 Å². The van der Waals surface area contributed by atoms with Crippen LogP contribution in [0.1, 0.15) is 25.8 Å². The Kier molecular flexibility index (Phi) is 6.82. The normalized spacial score (nSPS) is 12.6. The van der Waals surface area contributed by atoms with Crippen molar-refractivity contribution in [2.75, 3.05) is 19.8 Å². The summed E-state index contributed by atoms with van der Waals surface area (Å²) in [7, 11) is 0. The van der Waals surface area contributed by atoms with Crippen molar-refractivity contribution in [3.8, 4) is 0 Å². The van der Waals surface area contributed by atoms with Crippen LogP contribution in [0.2, 0.25) is 0 Å². The average Bonchev–Trinajstić information content (AvgIpc) is 2.32. The van der Waals surface area contributed by atoms with E-state index in [1.54, 1.807) is 0 Å². The van der Waals surface area contributed by atoms with Crippen LogP contribution in [0.4, 0.5) is 4.39 Å². The number of halogens is 1. The first-order valence-corrected chi connectivity index (χ1v) is 6.31. The second-order valence-electron chi connectivity index (χ2n) is 4.16. The maximum atomic E-state index is 12.8. The molecule has 96 valence electrons. The van der Waals surface area contributed by atoms with E-state index in [0.717, 1.165) is 31.6 Å². The third-order valence-electron chi connectivity index (χ3n) is 2.56. The van der Waals surface area contributed by atoms with Gasteiger partial charge in [0.1, 0.15) is 5.82 Å². The maximum absolute atomic E-state index is 12.8. The summed E-state index contributed by atoms with van der Waals surface area (Å²) in [4.78, 5) is 0. The molecule has 1 aromatic rings. The van der Waals surface area contributed by atoms with Crippen molar-refractivity contribution in [1.82, 2.24) is 5.32 Å². The van der Waals surface area contributed by atoms with E-state index in [0.29, 0.717) is 12.6 Å². The Hall–Kier alpha value is -0.930. The molecule has 0 aliphatic carbocycles. The van der Waals surface area contributed by atoms with Gasteiger partial charge in [0, 0.05) is 12.6 Å². The maximum Gasteiger partial charge on any atom is 0.123 e. The topological polar surface area (TPSA) is 21.3 Å². The van der Waals surface area contributed by atoms with E-state index >= 15 is 0 Å². The van der Waals surface area contributed by atoms with Crippen molar-refractivity contribution in [3.63, 3.8) is 0 Å². The summed E-state index contributed by atoms with van der Waals surface area (Å²) >= 11 is 0. The van der Waals surface area contributed by atoms with E-state index in [9.17, 15) is 4.39 Å². The lowest BCUT2D eigenvalue weighted by atomic mass is 10.1. The Morgan fingerprint density at radius 2 is 1.94 bits per heavy atom. The molecule has 0 aliphatic heterocycles. The molecule has 0 saturated carbocycles. The van der Waals surface area contributed by atoms with Crippen molar-refractivity contribution in [2.45, 2.75) is 32.7 Å². The van der Waals surface area contributed by atoms with Crippen LogP contribution in [0.15, 0.2) is 24.3 Å². The minimum atomic E-state index is -0.184. The summed E-state index contributed by atoms with van der Waals surface area (Å²) in [6.07, 6.45) is 1.91. The van der Waals surface area contributed by atoms with Crippen LogP contribution in [0, 0.1) is 5.82 Å². The van der Waals surface area contributed by atoms with Crippen molar-refractivity contribution >= 4 is 0 Å². The molecule has 0 heterocycles. The Labute approximate surface area is 103 Å². The molecule has 0 saturated heterocycles. The Bertz CT molecular complexity index is 300. The molecule has 0 amide bonds. The molecule has 0 aromatic heterocycles. The van der Waals surface area contributed by atoms with E-state index in [1.807, 2.05) is 12.1 Å². The lowest BCUT2D eigenvalue weighted by Crippen LogP contribution is -2.35. The molecule has 0 radical (unpaired) electrons. The first-order valence-electron chi connectivity index (χ1n) is 6.31. The highest BCUT2D eigenvalue weighted by molar-refractivity contribution is 5.17. The molecule has 3 heteroatoms. The van der Waals surface area contributed by atoms with E-state index in [2.05, 4.69) is 19.2 Å². The van der Waals surface area contributed by atoms with Gasteiger partial charge in [-0.1, -0.05) is 26.0 Å². The summed E-state index contributed by atoms with van der Waals surface area (Å²) in [5, 5.41) is 3.39. The van der Waals surface area contributed by atoms with Crippen molar-refractivity contribution in [2.24, 2.45) is 0 Å². The molecule has 17 heavy (non-hydrogen) atoms. The van der Waals surface area contributed by atoms with Crippen LogP contribution in [-0.4, -0.2) is 25.8 Å². The van der Waals surface area contributed by atoms with Gasteiger partial charge in [-0.05, 0) is 37.1 Å². The van der Waals surface area contributed by atoms with E-state index < -0.39 is 0 Å². The van der Waals surface area contributed by atoms with Gasteiger partial charge in [-0.25, -0.2) is 4.39 Å². The zero-order chi connectivity index (χ0) is 12.5. The fraction of sp³-hybridized carbons (Fsp3) is 0.571. The smallest absolute Gasteiger partial charge is 0.123 e. The number of ether oxygens (including phenoxy) is 1. The fourth-order valence-corrected chi connectivity index (χ4v) is 1.75. The third-order valence-corrected chi connectivity index (χ3v) is 2.56. The van der Waals surface area contributed by atoms with Crippen LogP contribution in [-0.2, 0) is 11.2 Å². The number of hydrogen-bond donors (Lipinski definition) is 1. The van der Waals surface area contributed by atoms with E-state index in [4.69, 9.17) is 4.74 Å². The lowest BCUT2D eigenvalue weighted by molar-refractivity contribution is 0.112. The number of nitrogens with one attached hydrogen (secondary N) is 1. The molecule has 0 aliphatic rings. The van der Waals surface area contributed by atoms with Gasteiger partial charge in [-0.3, -0.25) is 0 Å². The molecule has 0 spiro atoms. The Morgan fingerprint density at radius 3 is 2.53 bits per heavy atom. The second kappa shape index (κ2) is 8.20. The third kappa shape index (κ3) is 5.80. The fourth-order valence-electron chi connectivity index (χ4n) is 1.75. The number of benzene rings is 1. The summed E-state index contributed by atoms with van der Waals surface area (Å²) in [6.45, 7) is 6.60. The predicted molar refractivity (Wildman–Crippen MR) is 68.7 cm³/mol. The van der Waals surface area contributed by atoms with Crippen molar-refractivity contribution < 1.29 is 9.13 Å². The SMILES string of the molecule is CCCOCC(Cc1ccc(F)cc1)NCC. The minimum absolute atomic E-state index is 0.184. The summed E-state index contributed by atoms with van der Waals surface area (Å²) in [5.41, 5.74) is 1.14. The zero-order valence-corrected chi connectivity index (χ0v) is 10.7. The number of rotatable bonds is 8. The van der Waals surface area contributed by atoms with Gasteiger partial charge < -0.3 is 10.1 Å². The molecule has 0 bridgehead atoms. The van der Waals surface area contributed by atoms with E-state index in [-0.39, 0.29) is 5.82 Å². The number of hydrogen-bond acceptors (Lipinski definition) is 2. The van der Waals surface area contributed by atoms with Gasteiger partial charge in [0.05, 0.1) is 6.61 Å². The molecule has 1 N–H and O–H groups in total. The van der Waals surface area contributed by atoms with Gasteiger partial charge in [-0.15, -0.1) is 0 Å². The van der Waals surface area contributed by atoms with Crippen LogP contribution >= 0.6 is 0 Å². The lowest BCUT2D eigenvalue weighted by Gasteiger charge is -2.18. The van der Waals surface area contributed by atoms with Gasteiger partial charge in [-0.2, -0.15) is 0 Å². The molecular weight excluding hydrogens is 217 g/mol. The van der Waals surface area contributed by atoms with Crippen LogP contribution in [0.25, 0.3) is 0 Å². The highest BCUT2D eigenvalue weighted by Crippen LogP contribution is 2.06. The molecule has 2 nitrogen and oxygen atoms in total. The summed E-state index contributed by atoms with van der Waals surface area (Å²) < 4.78 is 18.3. The molecule has 0 fully saturated rings. The molecule has 1 rings (SSSR count). The minimum Gasteiger partial charge on any atom is -0.380 e. The first kappa shape index (κ1) is 14.1. The largest absolute Gasteiger partial charge is 0.380 e. The molecular formula is C14H22FNO. The van der Waals surface area contributed by atoms with Crippen molar-refractivity contribution in [3.05, 3.63) is 35.6 Å². The van der Waals surface area contributed by atoms with Crippen LogP contribution in [0.3, 0.4) is 0 Å². The zero-order valence-electron chi connectivity index (χ0n) is 10.7. The summed E-state index contributed by atoms with van der Waals surface area (Å²) in [5.74, 6) is -0.184. The Balaban J connectivity index is 2.44. The van der Waals surface area contributed by atoms with Gasteiger partial charge >= 0.3 is 0 Å².